The van der Waals surface area contributed by atoms with Crippen molar-refractivity contribution in [2.75, 3.05) is 0 Å². The van der Waals surface area contributed by atoms with Crippen molar-refractivity contribution >= 4 is 40.4 Å². The predicted octanol–water partition coefficient (Wildman–Crippen LogP) is 4.59. The summed E-state index contributed by atoms with van der Waals surface area (Å²) in [6, 6.07) is 18.9. The molecule has 1 aromatic heterocycles. The molecular weight excluding hydrogens is 498 g/mol. The highest BCUT2D eigenvalue weighted by Gasteiger charge is 2.33. The van der Waals surface area contributed by atoms with E-state index in [0.717, 1.165) is 35.2 Å². The van der Waals surface area contributed by atoms with E-state index >= 15 is 0 Å². The number of hydrogen-bond acceptors (Lipinski definition) is 6. The lowest BCUT2D eigenvalue weighted by Gasteiger charge is -2.31. The zero-order valence-electron chi connectivity index (χ0n) is 18.7. The van der Waals surface area contributed by atoms with Gasteiger partial charge in [-0.25, -0.2) is 4.99 Å². The minimum Gasteiger partial charge on any atom is -0.507 e. The number of aromatic nitrogens is 1. The van der Waals surface area contributed by atoms with Gasteiger partial charge in [-0.1, -0.05) is 65.4 Å². The lowest BCUT2D eigenvalue weighted by atomic mass is 9.83. The van der Waals surface area contributed by atoms with Crippen LogP contribution in [0.2, 0.25) is 5.02 Å². The Morgan fingerprint density at radius 3 is 2.69 bits per heavy atom. The van der Waals surface area contributed by atoms with Gasteiger partial charge < -0.3 is 5.11 Å². The molecular formula is C27H18ClN3O4S. The predicted molar refractivity (Wildman–Crippen MR) is 139 cm³/mol. The van der Waals surface area contributed by atoms with E-state index < -0.39 is 11.0 Å². The Morgan fingerprint density at radius 1 is 1.11 bits per heavy atom. The van der Waals surface area contributed by atoms with Gasteiger partial charge in [0.05, 0.1) is 21.2 Å². The highest BCUT2D eigenvalue weighted by atomic mass is 35.5. The molecule has 2 aliphatic rings. The number of fused-ring (bicyclic) bond motifs is 3. The molecule has 1 unspecified atom stereocenters. The lowest BCUT2D eigenvalue weighted by Crippen LogP contribution is -2.38. The molecule has 0 fully saturated rings. The molecule has 1 N–H and O–H groups in total. The van der Waals surface area contributed by atoms with Gasteiger partial charge in [0.1, 0.15) is 5.75 Å². The van der Waals surface area contributed by atoms with Gasteiger partial charge in [0.2, 0.25) is 0 Å². The summed E-state index contributed by atoms with van der Waals surface area (Å²) in [5.41, 5.74) is 4.67. The van der Waals surface area contributed by atoms with E-state index in [1.54, 1.807) is 4.57 Å². The molecule has 0 radical (unpaired) electrons. The molecule has 1 aliphatic carbocycles. The van der Waals surface area contributed by atoms with E-state index in [2.05, 4.69) is 6.07 Å². The van der Waals surface area contributed by atoms with Crippen LogP contribution >= 0.6 is 22.9 Å². The summed E-state index contributed by atoms with van der Waals surface area (Å²) in [7, 11) is 0. The van der Waals surface area contributed by atoms with Gasteiger partial charge in [-0.2, -0.15) is 0 Å². The number of phenolic OH excluding ortho intramolecular Hbond substituents is 1. The molecule has 0 amide bonds. The lowest BCUT2D eigenvalue weighted by molar-refractivity contribution is -0.384. The summed E-state index contributed by atoms with van der Waals surface area (Å²) in [5, 5.41) is 22.1. The minimum atomic E-state index is -0.540. The smallest absolute Gasteiger partial charge is 0.271 e. The van der Waals surface area contributed by atoms with Crippen molar-refractivity contribution in [3.05, 3.63) is 129 Å². The second kappa shape index (κ2) is 8.58. The average molecular weight is 516 g/mol. The van der Waals surface area contributed by atoms with Gasteiger partial charge in [0.15, 0.2) is 4.80 Å². The Labute approximate surface area is 213 Å². The van der Waals surface area contributed by atoms with Gasteiger partial charge >= 0.3 is 0 Å². The van der Waals surface area contributed by atoms with Crippen molar-refractivity contribution in [2.45, 2.75) is 18.9 Å². The molecule has 36 heavy (non-hydrogen) atoms. The van der Waals surface area contributed by atoms with Crippen LogP contribution in [-0.4, -0.2) is 14.6 Å². The molecule has 6 rings (SSSR count). The van der Waals surface area contributed by atoms with Crippen molar-refractivity contribution < 1.29 is 10.0 Å². The first kappa shape index (κ1) is 22.5. The standard InChI is InChI=1S/C27H18ClN3O4S/c28-21-8-4-3-7-19(21)25-20-11-9-15-5-1-2-6-18(15)24(20)29-27-30(25)26(33)23(36-27)14-16-13-17(31(34)35)10-12-22(16)32/h1-8,10,12-14,25,32H,9,11H2/b23-14+. The number of aryl methyl sites for hydroxylation is 1. The summed E-state index contributed by atoms with van der Waals surface area (Å²) in [6.45, 7) is 0. The van der Waals surface area contributed by atoms with Crippen molar-refractivity contribution in [3.63, 3.8) is 0 Å². The quantitative estimate of drug-likeness (QED) is 0.319. The number of aromatic hydroxyl groups is 1. The largest absolute Gasteiger partial charge is 0.507 e. The van der Waals surface area contributed by atoms with Crippen LogP contribution in [0.4, 0.5) is 5.69 Å². The zero-order chi connectivity index (χ0) is 25.0. The summed E-state index contributed by atoms with van der Waals surface area (Å²) in [4.78, 5) is 29.9. The normalized spacial score (nSPS) is 16.7. The maximum atomic E-state index is 13.8. The monoisotopic (exact) mass is 515 g/mol. The molecule has 2 heterocycles. The highest BCUT2D eigenvalue weighted by molar-refractivity contribution is 7.07. The molecule has 0 spiro atoms. The maximum Gasteiger partial charge on any atom is 0.271 e. The zero-order valence-corrected chi connectivity index (χ0v) is 20.3. The molecule has 3 aromatic carbocycles. The van der Waals surface area contributed by atoms with E-state index in [1.807, 2.05) is 42.5 Å². The first-order valence-electron chi connectivity index (χ1n) is 11.3. The number of thiazole rings is 1. The van der Waals surface area contributed by atoms with Crippen molar-refractivity contribution in [1.29, 1.82) is 0 Å². The Bertz CT molecular complexity index is 1790. The third kappa shape index (κ3) is 3.57. The van der Waals surface area contributed by atoms with Gasteiger partial charge in [0.25, 0.3) is 11.2 Å². The highest BCUT2D eigenvalue weighted by Crippen LogP contribution is 2.42. The molecule has 0 saturated heterocycles. The number of nitrogens with zero attached hydrogens (tertiary/aromatic N) is 3. The van der Waals surface area contributed by atoms with Crippen LogP contribution in [0.5, 0.6) is 5.75 Å². The fourth-order valence-electron chi connectivity index (χ4n) is 4.91. The van der Waals surface area contributed by atoms with Crippen LogP contribution in [0.3, 0.4) is 0 Å². The number of rotatable bonds is 3. The Morgan fingerprint density at radius 2 is 1.89 bits per heavy atom. The summed E-state index contributed by atoms with van der Waals surface area (Å²) in [6.07, 6.45) is 3.05. The Kier molecular flexibility index (Phi) is 5.35. The Balaban J connectivity index is 1.63. The van der Waals surface area contributed by atoms with Crippen LogP contribution < -0.4 is 14.9 Å². The fourth-order valence-corrected chi connectivity index (χ4v) is 6.14. The summed E-state index contributed by atoms with van der Waals surface area (Å²) in [5.74, 6) is -0.151. The second-order valence-electron chi connectivity index (χ2n) is 8.64. The number of allylic oxidation sites excluding steroid dienone is 1. The van der Waals surface area contributed by atoms with Crippen molar-refractivity contribution in [2.24, 2.45) is 4.99 Å². The van der Waals surface area contributed by atoms with E-state index in [0.29, 0.717) is 14.4 Å². The molecule has 1 atom stereocenters. The van der Waals surface area contributed by atoms with Crippen LogP contribution in [0.15, 0.2) is 82.1 Å². The van der Waals surface area contributed by atoms with Crippen LogP contribution in [0.25, 0.3) is 11.8 Å². The number of nitro benzene ring substituents is 1. The van der Waals surface area contributed by atoms with Gasteiger partial charge in [-0.15, -0.1) is 0 Å². The summed E-state index contributed by atoms with van der Waals surface area (Å²) >= 11 is 7.83. The first-order chi connectivity index (χ1) is 17.4. The molecule has 4 aromatic rings. The minimum absolute atomic E-state index is 0.151. The number of benzene rings is 3. The second-order valence-corrected chi connectivity index (χ2v) is 10.1. The summed E-state index contributed by atoms with van der Waals surface area (Å²) < 4.78 is 1.97. The number of nitro groups is 1. The van der Waals surface area contributed by atoms with E-state index in [1.165, 1.54) is 41.2 Å². The molecule has 9 heteroatoms. The number of phenols is 1. The van der Waals surface area contributed by atoms with Gasteiger partial charge in [-0.3, -0.25) is 19.5 Å². The van der Waals surface area contributed by atoms with Crippen molar-refractivity contribution in [3.8, 4) is 5.75 Å². The molecule has 0 saturated carbocycles. The molecule has 0 bridgehead atoms. The third-order valence-corrected chi connectivity index (χ3v) is 7.91. The molecule has 1 aliphatic heterocycles. The molecule has 178 valence electrons. The average Bonchev–Trinajstić information content (AvgIpc) is 3.19. The van der Waals surface area contributed by atoms with Crippen LogP contribution in [0.1, 0.15) is 34.7 Å². The van der Waals surface area contributed by atoms with Gasteiger partial charge in [-0.05, 0) is 47.8 Å². The van der Waals surface area contributed by atoms with Crippen LogP contribution in [-0.2, 0) is 6.42 Å². The maximum absolute atomic E-state index is 13.8. The van der Waals surface area contributed by atoms with E-state index in [9.17, 15) is 20.0 Å². The van der Waals surface area contributed by atoms with E-state index in [4.69, 9.17) is 16.6 Å². The topological polar surface area (TPSA) is 97.7 Å². The Hall–Kier alpha value is -4.01. The first-order valence-corrected chi connectivity index (χ1v) is 12.5. The molecule has 7 nitrogen and oxygen atoms in total. The number of non-ortho nitro benzene ring substituents is 1. The van der Waals surface area contributed by atoms with Crippen LogP contribution in [0, 0.1) is 10.1 Å². The number of halogens is 1. The van der Waals surface area contributed by atoms with Crippen molar-refractivity contribution in [1.82, 2.24) is 4.57 Å². The SMILES string of the molecule is O=c1/c(=C\c2cc([N+](=O)[O-])ccc2O)sc2n1C(c1ccccc1Cl)C1=C(N=2)c2ccccc2CC1. The number of hydrogen-bond donors (Lipinski definition) is 1. The van der Waals surface area contributed by atoms with Gasteiger partial charge in [0, 0.05) is 28.3 Å². The fraction of sp³-hybridized carbons (Fsp3) is 0.111. The van der Waals surface area contributed by atoms with E-state index in [-0.39, 0.29) is 22.6 Å². The third-order valence-electron chi connectivity index (χ3n) is 6.58.